The summed E-state index contributed by atoms with van der Waals surface area (Å²) in [6, 6.07) is 9.71. The number of benzene rings is 2. The summed E-state index contributed by atoms with van der Waals surface area (Å²) in [6.07, 6.45) is -7.29. The Morgan fingerprint density at radius 3 is 2.27 bits per heavy atom. The number of fused-ring (bicyclic) bond motifs is 1. The Morgan fingerprint density at radius 2 is 1.67 bits per heavy atom. The first kappa shape index (κ1) is 39.7. The van der Waals surface area contributed by atoms with E-state index in [1.165, 1.54) is 49.5 Å². The molecule has 15 heteroatoms. The maximum Gasteiger partial charge on any atom is 0.415 e. The van der Waals surface area contributed by atoms with Crippen molar-refractivity contribution in [2.24, 2.45) is 0 Å². The number of hydrogen-bond acceptors (Lipinski definition) is 8. The number of aromatic nitrogens is 1. The highest BCUT2D eigenvalue weighted by atomic mass is 19.4. The molecule has 2 aromatic carbocycles. The van der Waals surface area contributed by atoms with Gasteiger partial charge in [-0.15, -0.1) is 0 Å². The molecule has 4 rings (SSSR count). The highest BCUT2D eigenvalue weighted by Gasteiger charge is 2.35. The van der Waals surface area contributed by atoms with Crippen molar-refractivity contribution in [1.82, 2.24) is 9.47 Å². The normalized spacial score (nSPS) is 16.4. The minimum Gasteiger partial charge on any atom is -0.495 e. The second-order valence-electron chi connectivity index (χ2n) is 14.2. The molecule has 11 nitrogen and oxygen atoms in total. The Hall–Kier alpha value is -5.13. The third-order valence-electron chi connectivity index (χ3n) is 7.78. The maximum absolute atomic E-state index is 15.4. The van der Waals surface area contributed by atoms with Gasteiger partial charge in [-0.1, -0.05) is 12.0 Å². The molecule has 2 atom stereocenters. The van der Waals surface area contributed by atoms with Gasteiger partial charge in [0.25, 0.3) is 0 Å². The Kier molecular flexibility index (Phi) is 11.9. The Balaban J connectivity index is 1.68. The molecule has 1 N–H and O–H groups in total. The fourth-order valence-electron chi connectivity index (χ4n) is 5.54. The second-order valence-corrected chi connectivity index (χ2v) is 14.2. The van der Waals surface area contributed by atoms with E-state index in [2.05, 4.69) is 17.2 Å². The first-order valence-electron chi connectivity index (χ1n) is 16.5. The number of hydrogen-bond donors (Lipinski definition) is 1. The molecule has 0 spiro atoms. The number of anilines is 2. The van der Waals surface area contributed by atoms with Gasteiger partial charge >= 0.3 is 24.3 Å². The van der Waals surface area contributed by atoms with Gasteiger partial charge in [-0.05, 0) is 90.3 Å². The van der Waals surface area contributed by atoms with E-state index in [0.29, 0.717) is 11.1 Å². The lowest BCUT2D eigenvalue weighted by Crippen LogP contribution is -2.51. The zero-order chi connectivity index (χ0) is 38.6. The van der Waals surface area contributed by atoms with Gasteiger partial charge in [0, 0.05) is 17.6 Å². The molecule has 1 aliphatic heterocycles. The van der Waals surface area contributed by atoms with Crippen molar-refractivity contribution in [3.05, 3.63) is 53.7 Å². The molecule has 0 aliphatic carbocycles. The van der Waals surface area contributed by atoms with Crippen LogP contribution >= 0.6 is 0 Å². The number of nitrogens with one attached hydrogen (secondary N) is 1. The molecule has 3 aromatic rings. The average Bonchev–Trinajstić information content (AvgIpc) is 3.38. The van der Waals surface area contributed by atoms with Crippen LogP contribution in [0.1, 0.15) is 64.0 Å². The number of rotatable bonds is 7. The molecule has 2 amide bonds. The topological polar surface area (TPSA) is 112 Å². The molecule has 1 aromatic heterocycles. The number of carbonyl (C=O) groups excluding carboxylic acids is 3. The van der Waals surface area contributed by atoms with Crippen LogP contribution in [-0.2, 0) is 20.8 Å². The quantitative estimate of drug-likeness (QED) is 0.115. The van der Waals surface area contributed by atoms with Gasteiger partial charge in [0.15, 0.2) is 0 Å². The number of carbonyl (C=O) groups is 3. The van der Waals surface area contributed by atoms with Crippen LogP contribution in [0.3, 0.4) is 0 Å². The van der Waals surface area contributed by atoms with Crippen molar-refractivity contribution in [1.29, 1.82) is 0 Å². The van der Waals surface area contributed by atoms with E-state index in [1.807, 2.05) is 0 Å². The number of amides is 2. The lowest BCUT2D eigenvalue weighted by Gasteiger charge is -2.36. The monoisotopic (exact) mass is 732 g/mol. The number of alkyl halides is 4. The largest absolute Gasteiger partial charge is 0.495 e. The Labute approximate surface area is 300 Å². The Morgan fingerprint density at radius 1 is 0.981 bits per heavy atom. The molecule has 0 radical (unpaired) electrons. The summed E-state index contributed by atoms with van der Waals surface area (Å²) in [6.45, 7) is 8.49. The summed E-state index contributed by atoms with van der Waals surface area (Å²) in [7, 11) is 2.56. The van der Waals surface area contributed by atoms with E-state index >= 15 is 4.39 Å². The van der Waals surface area contributed by atoms with Gasteiger partial charge in [0.1, 0.15) is 29.7 Å². The van der Waals surface area contributed by atoms with Crippen LogP contribution in [0.25, 0.3) is 10.9 Å². The maximum atomic E-state index is 15.4. The molecule has 2 heterocycles. The minimum absolute atomic E-state index is 0.00439. The predicted molar refractivity (Wildman–Crippen MR) is 188 cm³/mol. The van der Waals surface area contributed by atoms with Crippen molar-refractivity contribution >= 4 is 40.4 Å². The zero-order valence-corrected chi connectivity index (χ0v) is 30.4. The summed E-state index contributed by atoms with van der Waals surface area (Å²) in [5.74, 6) is 5.08. The SMILES string of the molecule is COC(=O)c1ccc(N(CC#Cc2cc3c(N[C@H]4CCN(C(=O)OC(C)(C)C)C[C@H]4F)cccc3n2CC(F)(F)F)C(=O)OC(C)(C)C)c(OC)c1. The lowest BCUT2D eigenvalue weighted by atomic mass is 10.0. The Bertz CT molecular complexity index is 1850. The van der Waals surface area contributed by atoms with Crippen molar-refractivity contribution in [3.8, 4) is 17.6 Å². The van der Waals surface area contributed by atoms with Gasteiger partial charge in [0.05, 0.1) is 55.8 Å². The van der Waals surface area contributed by atoms with Crippen LogP contribution < -0.4 is 15.0 Å². The number of methoxy groups -OCH3 is 2. The van der Waals surface area contributed by atoms with E-state index in [9.17, 15) is 27.6 Å². The van der Waals surface area contributed by atoms with Crippen LogP contribution in [0.5, 0.6) is 5.75 Å². The fraction of sp³-hybridized carbons (Fsp3) is 0.486. The van der Waals surface area contributed by atoms with E-state index in [1.54, 1.807) is 53.7 Å². The molecule has 0 unspecified atom stereocenters. The summed E-state index contributed by atoms with van der Waals surface area (Å²) in [4.78, 5) is 40.4. The van der Waals surface area contributed by atoms with E-state index in [4.69, 9.17) is 18.9 Å². The number of esters is 1. The van der Waals surface area contributed by atoms with Gasteiger partial charge in [0.2, 0.25) is 0 Å². The third kappa shape index (κ3) is 10.2. The minimum atomic E-state index is -4.61. The van der Waals surface area contributed by atoms with Crippen molar-refractivity contribution in [2.75, 3.05) is 44.1 Å². The standard InChI is InChI=1S/C37H44F4N4O7/c1-35(2,3)51-33(47)43-18-16-28(26(38)21-43)42-27-12-9-13-29-25(27)20-24(45(29)22-37(39,40)41)11-10-17-44(34(48)52-36(4,5)6)30-15-14-23(32(46)50-8)19-31(30)49-7/h9,12-15,19-20,26,28,42H,16-18,21-22H2,1-8H3/t26-,28+/m1/s1. The molecular weight excluding hydrogens is 688 g/mol. The fourth-order valence-corrected chi connectivity index (χ4v) is 5.54. The molecule has 52 heavy (non-hydrogen) atoms. The molecule has 282 valence electrons. The molecule has 1 aliphatic rings. The van der Waals surface area contributed by atoms with Gasteiger partial charge in [-0.2, -0.15) is 13.2 Å². The van der Waals surface area contributed by atoms with Crippen molar-refractivity contribution in [2.45, 2.75) is 84.1 Å². The van der Waals surface area contributed by atoms with Gasteiger partial charge in [-0.3, -0.25) is 4.90 Å². The molecule has 1 fully saturated rings. The second kappa shape index (κ2) is 15.6. The van der Waals surface area contributed by atoms with Gasteiger partial charge in [-0.25, -0.2) is 18.8 Å². The van der Waals surface area contributed by atoms with Crippen LogP contribution in [0, 0.1) is 11.8 Å². The van der Waals surface area contributed by atoms with Crippen LogP contribution in [0.4, 0.5) is 38.5 Å². The number of likely N-dealkylation sites (tertiary alicyclic amines) is 1. The van der Waals surface area contributed by atoms with Crippen LogP contribution in [0.15, 0.2) is 42.5 Å². The predicted octanol–water partition coefficient (Wildman–Crippen LogP) is 7.55. The smallest absolute Gasteiger partial charge is 0.415 e. The van der Waals surface area contributed by atoms with E-state index in [-0.39, 0.29) is 54.3 Å². The van der Waals surface area contributed by atoms with Crippen molar-refractivity contribution in [3.63, 3.8) is 0 Å². The van der Waals surface area contributed by atoms with E-state index in [0.717, 1.165) is 9.47 Å². The number of nitrogens with zero attached hydrogens (tertiary/aromatic N) is 3. The zero-order valence-electron chi connectivity index (χ0n) is 30.4. The van der Waals surface area contributed by atoms with E-state index < -0.39 is 54.3 Å². The number of halogens is 4. The van der Waals surface area contributed by atoms with Crippen LogP contribution in [0.2, 0.25) is 0 Å². The molecule has 0 saturated carbocycles. The van der Waals surface area contributed by atoms with Gasteiger partial charge < -0.3 is 33.7 Å². The lowest BCUT2D eigenvalue weighted by molar-refractivity contribution is -0.140. The van der Waals surface area contributed by atoms with Crippen LogP contribution in [-0.4, -0.2) is 91.1 Å². The molecular formula is C37H44F4N4O7. The number of piperidine rings is 1. The van der Waals surface area contributed by atoms with Crippen molar-refractivity contribution < 1.29 is 50.9 Å². The third-order valence-corrected chi connectivity index (χ3v) is 7.78. The average molecular weight is 733 g/mol. The summed E-state index contributed by atoms with van der Waals surface area (Å²) in [5, 5.41) is 3.51. The number of ether oxygens (including phenoxy) is 4. The molecule has 0 bridgehead atoms. The first-order valence-corrected chi connectivity index (χ1v) is 16.5. The molecule has 1 saturated heterocycles. The summed E-state index contributed by atoms with van der Waals surface area (Å²) >= 11 is 0. The summed E-state index contributed by atoms with van der Waals surface area (Å²) in [5.41, 5.74) is -0.698. The first-order chi connectivity index (χ1) is 24.2. The highest BCUT2D eigenvalue weighted by Crippen LogP contribution is 2.33. The highest BCUT2D eigenvalue weighted by molar-refractivity contribution is 5.95. The summed E-state index contributed by atoms with van der Waals surface area (Å²) < 4.78 is 79.3.